The van der Waals surface area contributed by atoms with Crippen molar-refractivity contribution in [2.75, 3.05) is 4.90 Å². The molecule has 1 aromatic carbocycles. The molecule has 0 spiro atoms. The first kappa shape index (κ1) is 10.7. The average Bonchev–Trinajstić information content (AvgIpc) is 2.33. The number of rotatable bonds is 1. The lowest BCUT2D eigenvalue weighted by Gasteiger charge is -2.34. The Morgan fingerprint density at radius 2 is 2.12 bits per heavy atom. The highest BCUT2D eigenvalue weighted by Gasteiger charge is 2.30. The molecule has 84 valence electrons. The van der Waals surface area contributed by atoms with Gasteiger partial charge in [0.1, 0.15) is 5.69 Å². The molecule has 0 radical (unpaired) electrons. The van der Waals surface area contributed by atoms with E-state index in [1.165, 1.54) is 9.13 Å². The highest BCUT2D eigenvalue weighted by Crippen LogP contribution is 2.36. The van der Waals surface area contributed by atoms with Gasteiger partial charge >= 0.3 is 0 Å². The van der Waals surface area contributed by atoms with Crippen molar-refractivity contribution < 1.29 is 4.79 Å². The first-order chi connectivity index (χ1) is 8.27. The second kappa shape index (κ2) is 4.10. The molecule has 0 saturated heterocycles. The molecule has 1 aromatic heterocycles. The number of benzene rings is 1. The Kier molecular flexibility index (Phi) is 2.58. The summed E-state index contributed by atoms with van der Waals surface area (Å²) in [5.74, 6) is -0.0277. The Morgan fingerprint density at radius 1 is 1.24 bits per heavy atom. The Bertz CT molecular complexity index is 583. The molecule has 4 heteroatoms. The van der Waals surface area contributed by atoms with Gasteiger partial charge in [-0.3, -0.25) is 9.78 Å². The number of carbonyl (C=O) groups excluding carboxylic acids is 1. The van der Waals surface area contributed by atoms with E-state index in [0.717, 1.165) is 5.69 Å². The lowest BCUT2D eigenvalue weighted by Crippen LogP contribution is -2.39. The van der Waals surface area contributed by atoms with Crippen LogP contribution in [0, 0.1) is 3.57 Å². The van der Waals surface area contributed by atoms with E-state index in [4.69, 9.17) is 0 Å². The molecule has 3 rings (SSSR count). The van der Waals surface area contributed by atoms with Crippen LogP contribution in [0.4, 0.5) is 5.69 Å². The zero-order valence-electron chi connectivity index (χ0n) is 8.93. The average molecular weight is 336 g/mol. The Labute approximate surface area is 113 Å². The third-order valence-corrected chi connectivity index (χ3v) is 3.84. The van der Waals surface area contributed by atoms with Crippen molar-refractivity contribution in [3.8, 4) is 0 Å². The molecule has 0 N–H and O–H groups in total. The van der Waals surface area contributed by atoms with E-state index in [1.54, 1.807) is 17.2 Å². The summed E-state index contributed by atoms with van der Waals surface area (Å²) in [5, 5.41) is 0. The zero-order valence-corrected chi connectivity index (χ0v) is 11.1. The van der Waals surface area contributed by atoms with E-state index in [-0.39, 0.29) is 5.91 Å². The van der Waals surface area contributed by atoms with Crippen LogP contribution in [0.1, 0.15) is 16.1 Å². The van der Waals surface area contributed by atoms with E-state index in [0.29, 0.717) is 12.2 Å². The quantitative estimate of drug-likeness (QED) is 0.751. The molecule has 0 atom stereocenters. The molecule has 17 heavy (non-hydrogen) atoms. The van der Waals surface area contributed by atoms with Crippen LogP contribution in [0.3, 0.4) is 0 Å². The van der Waals surface area contributed by atoms with Gasteiger partial charge < -0.3 is 4.90 Å². The maximum atomic E-state index is 12.2. The third kappa shape index (κ3) is 1.72. The summed E-state index contributed by atoms with van der Waals surface area (Å²) in [6.07, 6.45) is 1.64. The van der Waals surface area contributed by atoms with Gasteiger partial charge in [-0.2, -0.15) is 0 Å². The smallest absolute Gasteiger partial charge is 0.277 e. The molecule has 1 amide bonds. The Hall–Kier alpha value is -1.43. The van der Waals surface area contributed by atoms with Crippen LogP contribution >= 0.6 is 22.6 Å². The van der Waals surface area contributed by atoms with Gasteiger partial charge in [-0.15, -0.1) is 0 Å². The molecule has 0 saturated carbocycles. The topological polar surface area (TPSA) is 33.2 Å². The normalized spacial score (nSPS) is 12.9. The van der Waals surface area contributed by atoms with Crippen molar-refractivity contribution >= 4 is 34.2 Å². The van der Waals surface area contributed by atoms with Gasteiger partial charge in [-0.25, -0.2) is 0 Å². The van der Waals surface area contributed by atoms with Crippen molar-refractivity contribution in [3.05, 3.63) is 57.4 Å². The minimum Gasteiger partial charge on any atom is -0.302 e. The summed E-state index contributed by atoms with van der Waals surface area (Å²) in [5.41, 5.74) is 2.75. The molecular weight excluding hydrogens is 327 g/mol. The number of anilines is 1. The van der Waals surface area contributed by atoms with Crippen molar-refractivity contribution in [1.82, 2.24) is 4.98 Å². The summed E-state index contributed by atoms with van der Waals surface area (Å²) in [4.78, 5) is 18.0. The fourth-order valence-electron chi connectivity index (χ4n) is 1.92. The SMILES string of the molecule is O=C(c1ccccn1)N1Cc2c(I)cccc21. The van der Waals surface area contributed by atoms with Crippen molar-refractivity contribution in [1.29, 1.82) is 0 Å². The lowest BCUT2D eigenvalue weighted by atomic mass is 10.0. The van der Waals surface area contributed by atoms with E-state index in [1.807, 2.05) is 24.3 Å². The monoisotopic (exact) mass is 336 g/mol. The van der Waals surface area contributed by atoms with Gasteiger partial charge in [0, 0.05) is 15.3 Å². The van der Waals surface area contributed by atoms with E-state index in [9.17, 15) is 4.79 Å². The fraction of sp³-hybridized carbons (Fsp3) is 0.0769. The number of pyridine rings is 1. The molecule has 1 aliphatic heterocycles. The molecule has 2 heterocycles. The number of nitrogens with zero attached hydrogens (tertiary/aromatic N) is 2. The number of carbonyl (C=O) groups is 1. The molecule has 0 bridgehead atoms. The highest BCUT2D eigenvalue weighted by atomic mass is 127. The highest BCUT2D eigenvalue weighted by molar-refractivity contribution is 14.1. The minimum atomic E-state index is -0.0277. The van der Waals surface area contributed by atoms with Crippen LogP contribution in [0.2, 0.25) is 0 Å². The van der Waals surface area contributed by atoms with Crippen LogP contribution in [0.5, 0.6) is 0 Å². The number of fused-ring (bicyclic) bond motifs is 1. The zero-order chi connectivity index (χ0) is 11.8. The summed E-state index contributed by atoms with van der Waals surface area (Å²) >= 11 is 2.30. The maximum Gasteiger partial charge on any atom is 0.277 e. The van der Waals surface area contributed by atoms with Crippen LogP contribution < -0.4 is 4.90 Å². The van der Waals surface area contributed by atoms with Crippen molar-refractivity contribution in [2.24, 2.45) is 0 Å². The maximum absolute atomic E-state index is 12.2. The van der Waals surface area contributed by atoms with Gasteiger partial charge in [0.2, 0.25) is 0 Å². The Morgan fingerprint density at radius 3 is 2.88 bits per heavy atom. The number of halogens is 1. The van der Waals surface area contributed by atoms with E-state index in [2.05, 4.69) is 33.6 Å². The van der Waals surface area contributed by atoms with Gasteiger partial charge in [0.05, 0.1) is 12.2 Å². The van der Waals surface area contributed by atoms with E-state index < -0.39 is 0 Å². The Balaban J connectivity index is 1.93. The molecule has 1 aliphatic rings. The summed E-state index contributed by atoms with van der Waals surface area (Å²) < 4.78 is 1.21. The molecule has 0 fully saturated rings. The molecule has 3 nitrogen and oxygen atoms in total. The number of hydrogen-bond acceptors (Lipinski definition) is 2. The van der Waals surface area contributed by atoms with Gasteiger partial charge in [-0.05, 0) is 46.9 Å². The number of amides is 1. The number of aromatic nitrogens is 1. The largest absolute Gasteiger partial charge is 0.302 e. The lowest BCUT2D eigenvalue weighted by molar-refractivity contribution is 0.0974. The van der Waals surface area contributed by atoms with Gasteiger partial charge in [0.15, 0.2) is 0 Å². The second-order valence-corrected chi connectivity index (χ2v) is 5.01. The first-order valence-electron chi connectivity index (χ1n) is 5.27. The van der Waals surface area contributed by atoms with Crippen molar-refractivity contribution in [2.45, 2.75) is 6.54 Å². The summed E-state index contributed by atoms with van der Waals surface area (Å²) in [6.45, 7) is 0.684. The predicted molar refractivity (Wildman–Crippen MR) is 73.9 cm³/mol. The first-order valence-corrected chi connectivity index (χ1v) is 6.35. The standard InChI is InChI=1S/C13H9IN2O/c14-10-4-3-6-12-9(10)8-16(12)13(17)11-5-1-2-7-15-11/h1-7H,8H2. The second-order valence-electron chi connectivity index (χ2n) is 3.84. The minimum absolute atomic E-state index is 0.0277. The summed E-state index contributed by atoms with van der Waals surface area (Å²) in [6, 6.07) is 11.4. The summed E-state index contributed by atoms with van der Waals surface area (Å²) in [7, 11) is 0. The third-order valence-electron chi connectivity index (χ3n) is 2.83. The van der Waals surface area contributed by atoms with Crippen LogP contribution in [0.15, 0.2) is 42.6 Å². The van der Waals surface area contributed by atoms with E-state index >= 15 is 0 Å². The van der Waals surface area contributed by atoms with Crippen LogP contribution in [-0.2, 0) is 6.54 Å². The van der Waals surface area contributed by atoms with Gasteiger partial charge in [-0.1, -0.05) is 12.1 Å². The molecule has 0 unspecified atom stereocenters. The number of hydrogen-bond donors (Lipinski definition) is 0. The fourth-order valence-corrected chi connectivity index (χ4v) is 2.57. The predicted octanol–water partition coefficient (Wildman–Crippen LogP) is 2.85. The van der Waals surface area contributed by atoms with Gasteiger partial charge in [0.25, 0.3) is 5.91 Å². The van der Waals surface area contributed by atoms with Crippen LogP contribution in [0.25, 0.3) is 0 Å². The molecule has 2 aromatic rings. The molecular formula is C13H9IN2O. The van der Waals surface area contributed by atoms with Crippen molar-refractivity contribution in [3.63, 3.8) is 0 Å². The van der Waals surface area contributed by atoms with Crippen LogP contribution in [-0.4, -0.2) is 10.9 Å². The molecule has 0 aliphatic carbocycles.